The zero-order valence-electron chi connectivity index (χ0n) is 18.9. The Morgan fingerprint density at radius 2 is 1.88 bits per heavy atom. The van der Waals surface area contributed by atoms with Crippen molar-refractivity contribution in [1.82, 2.24) is 28.9 Å². The van der Waals surface area contributed by atoms with Gasteiger partial charge in [0.2, 0.25) is 0 Å². The number of imidazole rings is 1. The molecule has 1 aromatic carbocycles. The number of ether oxygens (including phenoxy) is 1. The maximum atomic E-state index is 13.3. The normalized spacial score (nSPS) is 13.5. The Balaban J connectivity index is 1.62. The Bertz CT molecular complexity index is 1630. The number of hydrogen-bond acceptors (Lipinski definition) is 6. The number of benzene rings is 1. The summed E-state index contributed by atoms with van der Waals surface area (Å²) < 4.78 is 10.9. The fourth-order valence-corrected chi connectivity index (χ4v) is 4.59. The number of fused-ring (bicyclic) bond motifs is 4. The van der Waals surface area contributed by atoms with Crippen LogP contribution in [0.25, 0.3) is 38.8 Å². The van der Waals surface area contributed by atoms with E-state index in [9.17, 15) is 4.79 Å². The van der Waals surface area contributed by atoms with E-state index in [-0.39, 0.29) is 5.69 Å². The van der Waals surface area contributed by atoms with Gasteiger partial charge in [0.05, 0.1) is 40.7 Å². The summed E-state index contributed by atoms with van der Waals surface area (Å²) in [5, 5.41) is 5.33. The summed E-state index contributed by atoms with van der Waals surface area (Å²) in [7, 11) is 5.64. The van der Waals surface area contributed by atoms with Gasteiger partial charge in [0.1, 0.15) is 6.61 Å². The van der Waals surface area contributed by atoms with Gasteiger partial charge in [-0.3, -0.25) is 18.8 Å². The van der Waals surface area contributed by atoms with Crippen molar-refractivity contribution in [2.75, 3.05) is 25.1 Å². The number of aromatic nitrogens is 6. The first kappa shape index (κ1) is 19.5. The molecule has 0 saturated carbocycles. The quantitative estimate of drug-likeness (QED) is 0.419. The van der Waals surface area contributed by atoms with Crippen LogP contribution < -0.4 is 15.3 Å². The van der Waals surface area contributed by atoms with Crippen LogP contribution in [0.5, 0.6) is 5.75 Å². The van der Waals surface area contributed by atoms with E-state index in [1.165, 1.54) is 0 Å². The molecule has 0 unspecified atom stereocenters. The Kier molecular flexibility index (Phi) is 4.10. The fourth-order valence-electron chi connectivity index (χ4n) is 4.59. The van der Waals surface area contributed by atoms with Gasteiger partial charge in [0.25, 0.3) is 0 Å². The van der Waals surface area contributed by atoms with Crippen LogP contribution >= 0.6 is 0 Å². The molecule has 9 heteroatoms. The van der Waals surface area contributed by atoms with Gasteiger partial charge in [-0.1, -0.05) is 6.07 Å². The average molecular weight is 441 g/mol. The summed E-state index contributed by atoms with van der Waals surface area (Å²) in [6.07, 6.45) is 5.49. The number of hydrogen-bond donors (Lipinski definition) is 0. The molecule has 0 N–H and O–H groups in total. The van der Waals surface area contributed by atoms with Crippen molar-refractivity contribution in [3.63, 3.8) is 0 Å². The van der Waals surface area contributed by atoms with E-state index >= 15 is 0 Å². The molecular formula is C24H23N7O2. The molecule has 6 rings (SSSR count). The Morgan fingerprint density at radius 3 is 2.67 bits per heavy atom. The number of likely N-dealkylation sites (N-methyl/N-ethyl adjacent to an activating group) is 1. The molecule has 0 aliphatic carbocycles. The van der Waals surface area contributed by atoms with Crippen molar-refractivity contribution in [2.24, 2.45) is 14.1 Å². The minimum atomic E-state index is -0.132. The van der Waals surface area contributed by atoms with Crippen molar-refractivity contribution in [1.29, 1.82) is 0 Å². The van der Waals surface area contributed by atoms with E-state index in [4.69, 9.17) is 4.74 Å². The molecular weight excluding hydrogens is 418 g/mol. The number of nitrogens with zero attached hydrogens (tertiary/aromatic N) is 7. The van der Waals surface area contributed by atoms with Crippen molar-refractivity contribution >= 4 is 27.8 Å². The minimum absolute atomic E-state index is 0.132. The highest BCUT2D eigenvalue weighted by Gasteiger charge is 2.20. The number of pyridine rings is 2. The number of anilines is 1. The van der Waals surface area contributed by atoms with Crippen molar-refractivity contribution in [3.8, 4) is 22.6 Å². The van der Waals surface area contributed by atoms with Crippen LogP contribution in [0.2, 0.25) is 0 Å². The summed E-state index contributed by atoms with van der Waals surface area (Å²) in [4.78, 5) is 24.6. The molecule has 1 aliphatic rings. The summed E-state index contributed by atoms with van der Waals surface area (Å²) in [6, 6.07) is 8.10. The van der Waals surface area contributed by atoms with E-state index in [2.05, 4.69) is 26.0 Å². The summed E-state index contributed by atoms with van der Waals surface area (Å²) >= 11 is 0. The standard InChI is InChI=1S/C24H23N7O2/c1-14-20(13-29(3)27-14)31-22-17-9-15(5-6-18(17)25-12-19(22)30(4)24(31)32)16-10-21-23(26-11-16)28(2)7-8-33-21/h5-6,9-13H,7-8H2,1-4H3. The maximum Gasteiger partial charge on any atom is 0.333 e. The molecule has 4 aromatic heterocycles. The molecule has 0 atom stereocenters. The van der Waals surface area contributed by atoms with Crippen LogP contribution in [0.15, 0.2) is 47.7 Å². The Morgan fingerprint density at radius 1 is 1.03 bits per heavy atom. The molecule has 5 aromatic rings. The predicted molar refractivity (Wildman–Crippen MR) is 127 cm³/mol. The van der Waals surface area contributed by atoms with Crippen LogP contribution in [0.4, 0.5) is 5.82 Å². The first-order valence-corrected chi connectivity index (χ1v) is 10.8. The first-order chi connectivity index (χ1) is 15.9. The average Bonchev–Trinajstić information content (AvgIpc) is 3.28. The van der Waals surface area contributed by atoms with E-state index in [0.717, 1.165) is 62.6 Å². The molecule has 9 nitrogen and oxygen atoms in total. The molecule has 0 fully saturated rings. The first-order valence-electron chi connectivity index (χ1n) is 10.8. The zero-order valence-corrected chi connectivity index (χ0v) is 18.9. The highest BCUT2D eigenvalue weighted by molar-refractivity contribution is 6.04. The van der Waals surface area contributed by atoms with Crippen LogP contribution in [-0.4, -0.2) is 49.1 Å². The lowest BCUT2D eigenvalue weighted by Gasteiger charge is -2.26. The predicted octanol–water partition coefficient (Wildman–Crippen LogP) is 2.81. The Hall–Kier alpha value is -4.14. The molecule has 1 aliphatic heterocycles. The van der Waals surface area contributed by atoms with Gasteiger partial charge in [-0.25, -0.2) is 9.78 Å². The van der Waals surface area contributed by atoms with Gasteiger partial charge in [-0.15, -0.1) is 0 Å². The molecule has 0 spiro atoms. The molecule has 0 radical (unpaired) electrons. The molecule has 0 bridgehead atoms. The second-order valence-corrected chi connectivity index (χ2v) is 8.49. The highest BCUT2D eigenvalue weighted by atomic mass is 16.5. The molecule has 5 heterocycles. The van der Waals surface area contributed by atoms with Crippen LogP contribution in [0.3, 0.4) is 0 Å². The van der Waals surface area contributed by atoms with E-state index in [0.29, 0.717) is 6.61 Å². The summed E-state index contributed by atoms with van der Waals surface area (Å²) in [5.41, 5.74) is 5.74. The monoisotopic (exact) mass is 441 g/mol. The SMILES string of the molecule is Cc1nn(C)cc1-n1c(=O)n(C)c2cnc3ccc(-c4cnc5c(c4)OCCN5C)cc3c21. The molecule has 0 saturated heterocycles. The maximum absolute atomic E-state index is 13.3. The number of aryl methyl sites for hydroxylation is 3. The van der Waals surface area contributed by atoms with Gasteiger partial charge in [-0.05, 0) is 30.7 Å². The van der Waals surface area contributed by atoms with E-state index in [1.807, 2.05) is 51.6 Å². The lowest BCUT2D eigenvalue weighted by atomic mass is 10.0. The van der Waals surface area contributed by atoms with Gasteiger partial charge in [0.15, 0.2) is 11.6 Å². The lowest BCUT2D eigenvalue weighted by molar-refractivity contribution is 0.309. The van der Waals surface area contributed by atoms with Gasteiger partial charge in [0, 0.05) is 44.5 Å². The van der Waals surface area contributed by atoms with E-state index in [1.54, 1.807) is 27.1 Å². The van der Waals surface area contributed by atoms with Gasteiger partial charge >= 0.3 is 5.69 Å². The molecule has 33 heavy (non-hydrogen) atoms. The highest BCUT2D eigenvalue weighted by Crippen LogP contribution is 2.35. The van der Waals surface area contributed by atoms with Gasteiger partial charge < -0.3 is 9.64 Å². The third-order valence-electron chi connectivity index (χ3n) is 6.32. The smallest absolute Gasteiger partial charge is 0.333 e. The largest absolute Gasteiger partial charge is 0.488 e. The third kappa shape index (κ3) is 2.85. The molecule has 0 amide bonds. The third-order valence-corrected chi connectivity index (χ3v) is 6.32. The van der Waals surface area contributed by atoms with Crippen LogP contribution in [-0.2, 0) is 14.1 Å². The van der Waals surface area contributed by atoms with Crippen molar-refractivity contribution in [2.45, 2.75) is 6.92 Å². The Labute approximate surface area is 189 Å². The van der Waals surface area contributed by atoms with Gasteiger partial charge in [-0.2, -0.15) is 5.10 Å². The van der Waals surface area contributed by atoms with Crippen LogP contribution in [0.1, 0.15) is 5.69 Å². The minimum Gasteiger partial charge on any atom is -0.488 e. The molecule has 166 valence electrons. The van der Waals surface area contributed by atoms with Crippen molar-refractivity contribution in [3.05, 3.63) is 59.0 Å². The fraction of sp³-hybridized carbons (Fsp3) is 0.250. The summed E-state index contributed by atoms with van der Waals surface area (Å²) in [5.74, 6) is 1.62. The van der Waals surface area contributed by atoms with Crippen LogP contribution in [0, 0.1) is 6.92 Å². The van der Waals surface area contributed by atoms with Crippen molar-refractivity contribution < 1.29 is 4.74 Å². The second kappa shape index (κ2) is 6.93. The summed E-state index contributed by atoms with van der Waals surface area (Å²) in [6.45, 7) is 3.36. The zero-order chi connectivity index (χ0) is 22.9. The lowest BCUT2D eigenvalue weighted by Crippen LogP contribution is -2.29. The van der Waals surface area contributed by atoms with E-state index < -0.39 is 0 Å². The second-order valence-electron chi connectivity index (χ2n) is 8.49. The number of rotatable bonds is 2. The topological polar surface area (TPSA) is 83.0 Å².